The first-order valence-corrected chi connectivity index (χ1v) is 12.8. The van der Waals surface area contributed by atoms with Gasteiger partial charge in [-0.3, -0.25) is 0 Å². The van der Waals surface area contributed by atoms with E-state index in [0.717, 1.165) is 32.6 Å². The van der Waals surface area contributed by atoms with Gasteiger partial charge < -0.3 is 9.80 Å². The van der Waals surface area contributed by atoms with Gasteiger partial charge in [-0.1, -0.05) is 73.7 Å². The summed E-state index contributed by atoms with van der Waals surface area (Å²) in [4.78, 5) is 4.77. The molecule has 34 heavy (non-hydrogen) atoms. The molecule has 0 aliphatic carbocycles. The van der Waals surface area contributed by atoms with E-state index >= 15 is 0 Å². The average Bonchev–Trinajstić information content (AvgIpc) is 2.90. The van der Waals surface area contributed by atoms with E-state index in [1.165, 1.54) is 39.2 Å². The molecule has 0 unspecified atom stereocenters. The molecular formula is C32H40N2. The van der Waals surface area contributed by atoms with Crippen LogP contribution < -0.4 is 9.80 Å². The third-order valence-electron chi connectivity index (χ3n) is 6.59. The van der Waals surface area contributed by atoms with Crippen LogP contribution in [0.4, 0.5) is 11.4 Å². The van der Waals surface area contributed by atoms with E-state index in [1.807, 2.05) is 0 Å². The molecule has 0 fully saturated rings. The number of nitrogens with zero attached hydrogens (tertiary/aromatic N) is 2. The van der Waals surface area contributed by atoms with Crippen LogP contribution in [0.3, 0.4) is 0 Å². The molecule has 178 valence electrons. The van der Waals surface area contributed by atoms with Gasteiger partial charge in [-0.2, -0.15) is 0 Å². The van der Waals surface area contributed by atoms with E-state index < -0.39 is 0 Å². The molecule has 3 aromatic rings. The van der Waals surface area contributed by atoms with Crippen LogP contribution in [0.25, 0.3) is 11.1 Å². The van der Waals surface area contributed by atoms with Crippen LogP contribution in [-0.2, 0) is 0 Å². The maximum atomic E-state index is 2.39. The zero-order chi connectivity index (χ0) is 24.3. The lowest BCUT2D eigenvalue weighted by Crippen LogP contribution is -2.21. The first-order chi connectivity index (χ1) is 16.6. The SMILES string of the molecule is CC/C(=C\C=C(c1ccc(N(CC)CC)cc1)c1ccc(N(CC)CC)cc1)c1ccccc1. The van der Waals surface area contributed by atoms with Crippen LogP contribution in [0.1, 0.15) is 57.7 Å². The summed E-state index contributed by atoms with van der Waals surface area (Å²) in [5.74, 6) is 0. The van der Waals surface area contributed by atoms with Crippen molar-refractivity contribution in [3.63, 3.8) is 0 Å². The number of rotatable bonds is 11. The van der Waals surface area contributed by atoms with Crippen molar-refractivity contribution in [2.75, 3.05) is 36.0 Å². The molecule has 3 rings (SSSR count). The average molecular weight is 453 g/mol. The number of anilines is 2. The van der Waals surface area contributed by atoms with Crippen molar-refractivity contribution >= 4 is 22.5 Å². The van der Waals surface area contributed by atoms with Crippen molar-refractivity contribution in [1.29, 1.82) is 0 Å². The second-order valence-electron chi connectivity index (χ2n) is 8.43. The molecule has 0 radical (unpaired) electrons. The van der Waals surface area contributed by atoms with Gasteiger partial charge in [0, 0.05) is 37.6 Å². The summed E-state index contributed by atoms with van der Waals surface area (Å²) >= 11 is 0. The van der Waals surface area contributed by atoms with Crippen LogP contribution in [-0.4, -0.2) is 26.2 Å². The van der Waals surface area contributed by atoms with Gasteiger partial charge >= 0.3 is 0 Å². The van der Waals surface area contributed by atoms with Crippen LogP contribution in [0.5, 0.6) is 0 Å². The van der Waals surface area contributed by atoms with Crippen LogP contribution in [0.2, 0.25) is 0 Å². The first-order valence-electron chi connectivity index (χ1n) is 12.8. The van der Waals surface area contributed by atoms with Crippen molar-refractivity contribution in [1.82, 2.24) is 0 Å². The molecule has 0 saturated carbocycles. The van der Waals surface area contributed by atoms with Gasteiger partial charge in [0.15, 0.2) is 0 Å². The van der Waals surface area contributed by atoms with Gasteiger partial charge in [0.25, 0.3) is 0 Å². The third-order valence-corrected chi connectivity index (χ3v) is 6.59. The second kappa shape index (κ2) is 12.8. The van der Waals surface area contributed by atoms with Crippen LogP contribution in [0, 0.1) is 0 Å². The zero-order valence-corrected chi connectivity index (χ0v) is 21.6. The highest BCUT2D eigenvalue weighted by Crippen LogP contribution is 2.29. The molecule has 0 spiro atoms. The highest BCUT2D eigenvalue weighted by Gasteiger charge is 2.09. The van der Waals surface area contributed by atoms with E-state index in [1.54, 1.807) is 0 Å². The highest BCUT2D eigenvalue weighted by molar-refractivity contribution is 5.83. The Morgan fingerprint density at radius 3 is 1.35 bits per heavy atom. The van der Waals surface area contributed by atoms with E-state index in [9.17, 15) is 0 Å². The smallest absolute Gasteiger partial charge is 0.0366 e. The van der Waals surface area contributed by atoms with Gasteiger partial charge in [0.05, 0.1) is 0 Å². The monoisotopic (exact) mass is 452 g/mol. The highest BCUT2D eigenvalue weighted by atomic mass is 15.1. The van der Waals surface area contributed by atoms with Gasteiger partial charge in [-0.15, -0.1) is 0 Å². The summed E-state index contributed by atoms with van der Waals surface area (Å²) in [7, 11) is 0. The Kier molecular flexibility index (Phi) is 9.58. The molecule has 2 heteroatoms. The molecule has 0 bridgehead atoms. The molecule has 0 heterocycles. The molecular weight excluding hydrogens is 412 g/mol. The fraction of sp³-hybridized carbons (Fsp3) is 0.312. The molecule has 3 aromatic carbocycles. The predicted octanol–water partition coefficient (Wildman–Crippen LogP) is 8.30. The normalized spacial score (nSPS) is 11.3. The summed E-state index contributed by atoms with van der Waals surface area (Å²) in [6.45, 7) is 15.1. The fourth-order valence-corrected chi connectivity index (χ4v) is 4.49. The third kappa shape index (κ3) is 6.20. The van der Waals surface area contributed by atoms with Crippen molar-refractivity contribution < 1.29 is 0 Å². The number of benzene rings is 3. The Morgan fingerprint density at radius 1 is 0.529 bits per heavy atom. The number of hydrogen-bond donors (Lipinski definition) is 0. The van der Waals surface area contributed by atoms with E-state index in [4.69, 9.17) is 0 Å². The van der Waals surface area contributed by atoms with Crippen molar-refractivity contribution in [2.45, 2.75) is 41.0 Å². The van der Waals surface area contributed by atoms with E-state index in [0.29, 0.717) is 0 Å². The molecule has 0 aliphatic heterocycles. The fourth-order valence-electron chi connectivity index (χ4n) is 4.49. The molecule has 0 amide bonds. The summed E-state index contributed by atoms with van der Waals surface area (Å²) in [5, 5.41) is 0. The standard InChI is InChI=1S/C32H40N2/c1-6-26(27-14-12-11-13-15-27)20-25-32(28-16-21-30(22-17-28)33(7-2)8-3)29-18-23-31(24-19-29)34(9-4)10-5/h11-25H,6-10H2,1-5H3/b26-20+. The molecule has 0 atom stereocenters. The molecule has 0 saturated heterocycles. The van der Waals surface area contributed by atoms with Gasteiger partial charge in [0.1, 0.15) is 0 Å². The topological polar surface area (TPSA) is 6.48 Å². The van der Waals surface area contributed by atoms with E-state index in [-0.39, 0.29) is 0 Å². The lowest BCUT2D eigenvalue weighted by Gasteiger charge is -2.22. The van der Waals surface area contributed by atoms with Crippen molar-refractivity contribution in [2.24, 2.45) is 0 Å². The summed E-state index contributed by atoms with van der Waals surface area (Å²) in [6.07, 6.45) is 5.58. The largest absolute Gasteiger partial charge is 0.372 e. The first kappa shape index (κ1) is 25.4. The molecule has 2 nitrogen and oxygen atoms in total. The number of allylic oxidation sites excluding steroid dienone is 3. The van der Waals surface area contributed by atoms with Crippen molar-refractivity contribution in [3.8, 4) is 0 Å². The molecule has 0 N–H and O–H groups in total. The maximum Gasteiger partial charge on any atom is 0.0366 e. The van der Waals surface area contributed by atoms with Crippen LogP contribution in [0.15, 0.2) is 91.0 Å². The molecule has 0 aliphatic rings. The Hall–Kier alpha value is -3.26. The minimum Gasteiger partial charge on any atom is -0.372 e. The minimum absolute atomic E-state index is 0.996. The van der Waals surface area contributed by atoms with Gasteiger partial charge in [-0.25, -0.2) is 0 Å². The van der Waals surface area contributed by atoms with Gasteiger partial charge in [0.2, 0.25) is 0 Å². The Labute approximate surface area is 207 Å². The lowest BCUT2D eigenvalue weighted by atomic mass is 9.95. The Morgan fingerprint density at radius 2 is 0.971 bits per heavy atom. The Bertz CT molecular complexity index is 995. The van der Waals surface area contributed by atoms with E-state index in [2.05, 4.69) is 135 Å². The van der Waals surface area contributed by atoms with Crippen LogP contribution >= 0.6 is 0 Å². The van der Waals surface area contributed by atoms with Crippen molar-refractivity contribution in [3.05, 3.63) is 108 Å². The number of hydrogen-bond acceptors (Lipinski definition) is 2. The quantitative estimate of drug-likeness (QED) is 0.270. The summed E-state index contributed by atoms with van der Waals surface area (Å²) in [5.41, 5.74) is 8.92. The summed E-state index contributed by atoms with van der Waals surface area (Å²) < 4.78 is 0. The molecule has 0 aromatic heterocycles. The Balaban J connectivity index is 2.04. The maximum absolute atomic E-state index is 2.39. The summed E-state index contributed by atoms with van der Waals surface area (Å²) in [6, 6.07) is 28.8. The van der Waals surface area contributed by atoms with Gasteiger partial charge in [-0.05, 0) is 86.2 Å². The lowest BCUT2D eigenvalue weighted by molar-refractivity contribution is 0.866. The minimum atomic E-state index is 0.996. The predicted molar refractivity (Wildman–Crippen MR) is 152 cm³/mol. The zero-order valence-electron chi connectivity index (χ0n) is 21.6. The second-order valence-corrected chi connectivity index (χ2v) is 8.43.